The highest BCUT2D eigenvalue weighted by Gasteiger charge is 2.35. The molecule has 0 aromatic heterocycles. The van der Waals surface area contributed by atoms with Gasteiger partial charge in [0, 0.05) is 17.9 Å². The minimum Gasteiger partial charge on any atom is -0.493 e. The lowest BCUT2D eigenvalue weighted by atomic mass is 10.1. The van der Waals surface area contributed by atoms with Crippen LogP contribution in [0.3, 0.4) is 0 Å². The van der Waals surface area contributed by atoms with E-state index in [0.717, 1.165) is 10.5 Å². The summed E-state index contributed by atoms with van der Waals surface area (Å²) >= 11 is 1.57. The number of benzene rings is 2. The molecule has 1 unspecified atom stereocenters. The van der Waals surface area contributed by atoms with E-state index < -0.39 is 9.84 Å². The van der Waals surface area contributed by atoms with E-state index in [1.807, 2.05) is 36.4 Å². The first-order valence-corrected chi connectivity index (χ1v) is 9.95. The van der Waals surface area contributed by atoms with Crippen LogP contribution >= 0.6 is 11.8 Å². The third-order valence-electron chi connectivity index (χ3n) is 3.63. The molecule has 0 fully saturated rings. The van der Waals surface area contributed by atoms with Crippen LogP contribution < -0.4 is 4.74 Å². The zero-order valence-corrected chi connectivity index (χ0v) is 14.1. The Hall–Kier alpha value is -1.50. The summed E-state index contributed by atoms with van der Waals surface area (Å²) in [6, 6.07) is 15.1. The van der Waals surface area contributed by atoms with Crippen molar-refractivity contribution in [3.63, 3.8) is 0 Å². The minimum atomic E-state index is -3.28. The molecule has 0 radical (unpaired) electrons. The van der Waals surface area contributed by atoms with E-state index in [2.05, 4.69) is 0 Å². The standard InChI is InChI=1S/C17H18O4S2/c18-9-4-10-21-13-7-8-15-16(12-23(19,20)17(15)11-13)22-14-5-2-1-3-6-14/h1-3,5-8,11,16,18H,4,9-10,12H2. The molecule has 122 valence electrons. The first-order valence-electron chi connectivity index (χ1n) is 7.42. The lowest BCUT2D eigenvalue weighted by Crippen LogP contribution is -2.02. The summed E-state index contributed by atoms with van der Waals surface area (Å²) in [5, 5.41) is 8.68. The van der Waals surface area contributed by atoms with Crippen molar-refractivity contribution < 1.29 is 18.3 Å². The molecule has 1 aliphatic rings. The van der Waals surface area contributed by atoms with E-state index in [0.29, 0.717) is 23.7 Å². The van der Waals surface area contributed by atoms with Gasteiger partial charge in [0.05, 0.1) is 22.5 Å². The van der Waals surface area contributed by atoms with E-state index in [-0.39, 0.29) is 17.6 Å². The van der Waals surface area contributed by atoms with E-state index in [1.54, 1.807) is 23.9 Å². The smallest absolute Gasteiger partial charge is 0.180 e. The average Bonchev–Trinajstić information content (AvgIpc) is 2.79. The van der Waals surface area contributed by atoms with Crippen molar-refractivity contribution in [3.8, 4) is 5.75 Å². The molecule has 23 heavy (non-hydrogen) atoms. The maximum atomic E-state index is 12.4. The first kappa shape index (κ1) is 16.4. The lowest BCUT2D eigenvalue weighted by molar-refractivity contribution is 0.233. The van der Waals surface area contributed by atoms with Gasteiger partial charge in [-0.3, -0.25) is 0 Å². The van der Waals surface area contributed by atoms with Gasteiger partial charge in [0.25, 0.3) is 0 Å². The molecule has 1 atom stereocenters. The Labute approximate surface area is 140 Å². The summed E-state index contributed by atoms with van der Waals surface area (Å²) in [6.45, 7) is 0.427. The molecule has 1 N–H and O–H groups in total. The van der Waals surface area contributed by atoms with E-state index in [4.69, 9.17) is 9.84 Å². The predicted octanol–water partition coefficient (Wildman–Crippen LogP) is 3.07. The third kappa shape index (κ3) is 3.71. The SMILES string of the molecule is O=S1(=O)CC(Sc2ccccc2)c2ccc(OCCCO)cc21. The van der Waals surface area contributed by atoms with Crippen molar-refractivity contribution in [2.75, 3.05) is 19.0 Å². The minimum absolute atomic E-state index is 0.0546. The van der Waals surface area contributed by atoms with Crippen molar-refractivity contribution in [2.24, 2.45) is 0 Å². The van der Waals surface area contributed by atoms with Gasteiger partial charge >= 0.3 is 0 Å². The summed E-state index contributed by atoms with van der Waals surface area (Å²) in [5.41, 5.74) is 0.841. The van der Waals surface area contributed by atoms with E-state index >= 15 is 0 Å². The molecule has 2 aromatic carbocycles. The molecule has 0 saturated carbocycles. The van der Waals surface area contributed by atoms with Crippen LogP contribution in [0.15, 0.2) is 58.3 Å². The van der Waals surface area contributed by atoms with Crippen LogP contribution in [-0.2, 0) is 9.84 Å². The van der Waals surface area contributed by atoms with Gasteiger partial charge in [-0.1, -0.05) is 24.3 Å². The number of thioether (sulfide) groups is 1. The molecular formula is C17H18O4S2. The Kier molecular flexibility index (Phi) is 4.94. The summed E-state index contributed by atoms with van der Waals surface area (Å²) in [7, 11) is -3.28. The molecule has 1 aliphatic heterocycles. The molecule has 2 aromatic rings. The maximum absolute atomic E-state index is 12.4. The Morgan fingerprint density at radius 1 is 1.17 bits per heavy atom. The summed E-state index contributed by atoms with van der Waals surface area (Å²) < 4.78 is 30.3. The second-order valence-corrected chi connectivity index (χ2v) is 8.61. The van der Waals surface area contributed by atoms with Gasteiger partial charge in [-0.2, -0.15) is 0 Å². The number of ether oxygens (including phenoxy) is 1. The molecule has 0 aliphatic carbocycles. The van der Waals surface area contributed by atoms with Crippen LogP contribution in [-0.4, -0.2) is 32.5 Å². The fraction of sp³-hybridized carbons (Fsp3) is 0.294. The maximum Gasteiger partial charge on any atom is 0.180 e. The van der Waals surface area contributed by atoms with Crippen LogP contribution in [0.25, 0.3) is 0 Å². The molecule has 4 nitrogen and oxygen atoms in total. The fourth-order valence-electron chi connectivity index (χ4n) is 2.53. The second kappa shape index (κ2) is 6.95. The van der Waals surface area contributed by atoms with Gasteiger partial charge in [-0.05, 0) is 29.8 Å². The zero-order chi connectivity index (χ0) is 16.3. The number of fused-ring (bicyclic) bond motifs is 1. The van der Waals surface area contributed by atoms with Crippen molar-refractivity contribution in [3.05, 3.63) is 54.1 Å². The molecule has 0 spiro atoms. The fourth-order valence-corrected chi connectivity index (χ4v) is 6.02. The van der Waals surface area contributed by atoms with Crippen molar-refractivity contribution in [1.29, 1.82) is 0 Å². The van der Waals surface area contributed by atoms with Crippen LogP contribution in [0.5, 0.6) is 5.75 Å². The Morgan fingerprint density at radius 3 is 2.70 bits per heavy atom. The van der Waals surface area contributed by atoms with Crippen LogP contribution in [0.4, 0.5) is 0 Å². The predicted molar refractivity (Wildman–Crippen MR) is 90.7 cm³/mol. The van der Waals surface area contributed by atoms with Gasteiger partial charge in [-0.15, -0.1) is 11.8 Å². The molecule has 0 bridgehead atoms. The quantitative estimate of drug-likeness (QED) is 0.811. The number of hydrogen-bond acceptors (Lipinski definition) is 5. The molecule has 0 saturated heterocycles. The van der Waals surface area contributed by atoms with Crippen molar-refractivity contribution in [1.82, 2.24) is 0 Å². The van der Waals surface area contributed by atoms with E-state index in [1.165, 1.54) is 0 Å². The van der Waals surface area contributed by atoms with E-state index in [9.17, 15) is 8.42 Å². The normalized spacial score (nSPS) is 18.6. The van der Waals surface area contributed by atoms with Gasteiger partial charge in [0.2, 0.25) is 0 Å². The first-order chi connectivity index (χ1) is 11.1. The monoisotopic (exact) mass is 350 g/mol. The molecule has 6 heteroatoms. The second-order valence-electron chi connectivity index (χ2n) is 5.33. The van der Waals surface area contributed by atoms with Crippen LogP contribution in [0, 0.1) is 0 Å². The van der Waals surface area contributed by atoms with Gasteiger partial charge < -0.3 is 9.84 Å². The Balaban J connectivity index is 1.84. The number of hydrogen-bond donors (Lipinski definition) is 1. The Morgan fingerprint density at radius 2 is 1.96 bits per heavy atom. The number of aliphatic hydroxyl groups excluding tert-OH is 1. The van der Waals surface area contributed by atoms with Crippen molar-refractivity contribution >= 4 is 21.6 Å². The zero-order valence-electron chi connectivity index (χ0n) is 12.5. The molecule has 1 heterocycles. The van der Waals surface area contributed by atoms with Crippen molar-refractivity contribution in [2.45, 2.75) is 21.5 Å². The third-order valence-corrected chi connectivity index (χ3v) is 6.89. The molecule has 0 amide bonds. The summed E-state index contributed by atoms with van der Waals surface area (Å²) in [4.78, 5) is 1.43. The summed E-state index contributed by atoms with van der Waals surface area (Å²) in [6.07, 6.45) is 0.524. The van der Waals surface area contributed by atoms with Gasteiger partial charge in [-0.25, -0.2) is 8.42 Å². The molecular weight excluding hydrogens is 332 g/mol. The largest absolute Gasteiger partial charge is 0.493 e. The number of sulfone groups is 1. The molecule has 3 rings (SSSR count). The summed E-state index contributed by atoms with van der Waals surface area (Å²) in [5.74, 6) is 0.647. The van der Waals surface area contributed by atoms with Crippen LogP contribution in [0.1, 0.15) is 17.2 Å². The lowest BCUT2D eigenvalue weighted by Gasteiger charge is -2.11. The number of aliphatic hydroxyl groups is 1. The van der Waals surface area contributed by atoms with Gasteiger partial charge in [0.1, 0.15) is 5.75 Å². The topological polar surface area (TPSA) is 63.6 Å². The van der Waals surface area contributed by atoms with Crippen LogP contribution in [0.2, 0.25) is 0 Å². The Bertz CT molecular complexity index is 772. The van der Waals surface area contributed by atoms with Gasteiger partial charge in [0.15, 0.2) is 9.84 Å². The highest BCUT2D eigenvalue weighted by molar-refractivity contribution is 8.01. The highest BCUT2D eigenvalue weighted by atomic mass is 32.2. The number of rotatable bonds is 6. The average molecular weight is 350 g/mol. The highest BCUT2D eigenvalue weighted by Crippen LogP contribution is 2.45.